The Labute approximate surface area is 184 Å². The summed E-state index contributed by atoms with van der Waals surface area (Å²) in [6.07, 6.45) is 3.43. The molecular weight excluding hydrogens is 408 g/mol. The second-order valence-electron chi connectivity index (χ2n) is 7.80. The maximum atomic E-state index is 12.9. The molecule has 1 amide bonds. The SMILES string of the molecule is Cc1ccc(-c2cc3c(=O)n(CCNC(=O)c4ccc5c(c4)OCO5)ccn3n2)c(C)c1. The number of ether oxygens (including phenoxy) is 2. The van der Waals surface area contributed by atoms with E-state index in [0.717, 1.165) is 16.8 Å². The number of aromatic nitrogens is 3. The number of fused-ring (bicyclic) bond motifs is 2. The minimum absolute atomic E-state index is 0.158. The van der Waals surface area contributed by atoms with Gasteiger partial charge in [0.25, 0.3) is 11.5 Å². The molecule has 0 unspecified atom stereocenters. The van der Waals surface area contributed by atoms with Crippen molar-refractivity contribution in [2.24, 2.45) is 0 Å². The molecule has 2 aromatic heterocycles. The Morgan fingerprint density at radius 1 is 1.06 bits per heavy atom. The zero-order chi connectivity index (χ0) is 22.2. The lowest BCUT2D eigenvalue weighted by Gasteiger charge is -2.08. The minimum Gasteiger partial charge on any atom is -0.454 e. The fraction of sp³-hybridized carbons (Fsp3) is 0.208. The molecule has 0 saturated heterocycles. The van der Waals surface area contributed by atoms with Crippen LogP contribution in [0.25, 0.3) is 16.8 Å². The highest BCUT2D eigenvalue weighted by Gasteiger charge is 2.16. The van der Waals surface area contributed by atoms with Crippen molar-refractivity contribution in [3.8, 4) is 22.8 Å². The molecule has 1 N–H and O–H groups in total. The summed E-state index contributed by atoms with van der Waals surface area (Å²) >= 11 is 0. The van der Waals surface area contributed by atoms with E-state index >= 15 is 0 Å². The molecule has 2 aromatic carbocycles. The first-order valence-electron chi connectivity index (χ1n) is 10.3. The predicted octanol–water partition coefficient (Wildman–Crippen LogP) is 2.94. The van der Waals surface area contributed by atoms with Crippen LogP contribution in [0.5, 0.6) is 11.5 Å². The normalized spacial score (nSPS) is 12.3. The van der Waals surface area contributed by atoms with E-state index in [9.17, 15) is 9.59 Å². The topological polar surface area (TPSA) is 86.9 Å². The first-order valence-corrected chi connectivity index (χ1v) is 10.3. The second-order valence-corrected chi connectivity index (χ2v) is 7.80. The number of carbonyl (C=O) groups excluding carboxylic acids is 1. The number of hydrogen-bond donors (Lipinski definition) is 1. The lowest BCUT2D eigenvalue weighted by Crippen LogP contribution is -2.31. The van der Waals surface area contributed by atoms with Crippen LogP contribution in [0, 0.1) is 13.8 Å². The van der Waals surface area contributed by atoms with Gasteiger partial charge in [0, 0.05) is 36.6 Å². The van der Waals surface area contributed by atoms with Gasteiger partial charge < -0.3 is 19.4 Å². The molecule has 3 heterocycles. The van der Waals surface area contributed by atoms with Gasteiger partial charge in [-0.15, -0.1) is 0 Å². The summed E-state index contributed by atoms with van der Waals surface area (Å²) < 4.78 is 13.7. The highest BCUT2D eigenvalue weighted by Crippen LogP contribution is 2.32. The summed E-state index contributed by atoms with van der Waals surface area (Å²) in [5.74, 6) is 0.945. The van der Waals surface area contributed by atoms with E-state index in [1.165, 1.54) is 5.56 Å². The summed E-state index contributed by atoms with van der Waals surface area (Å²) in [6.45, 7) is 4.89. The summed E-state index contributed by atoms with van der Waals surface area (Å²) in [6, 6.07) is 13.0. The van der Waals surface area contributed by atoms with Crippen LogP contribution < -0.4 is 20.3 Å². The number of nitrogens with zero attached hydrogens (tertiary/aromatic N) is 3. The molecule has 8 heteroatoms. The Bertz CT molecular complexity index is 1400. The first-order chi connectivity index (χ1) is 15.5. The number of hydrogen-bond acceptors (Lipinski definition) is 5. The molecule has 1 aliphatic heterocycles. The lowest BCUT2D eigenvalue weighted by atomic mass is 10.0. The average molecular weight is 430 g/mol. The summed E-state index contributed by atoms with van der Waals surface area (Å²) in [5, 5.41) is 7.40. The van der Waals surface area contributed by atoms with Gasteiger partial charge in [0.15, 0.2) is 11.5 Å². The number of rotatable bonds is 5. The molecule has 8 nitrogen and oxygen atoms in total. The van der Waals surface area contributed by atoms with Gasteiger partial charge in [-0.25, -0.2) is 4.52 Å². The van der Waals surface area contributed by atoms with E-state index in [1.54, 1.807) is 39.7 Å². The molecule has 0 radical (unpaired) electrons. The molecule has 162 valence electrons. The van der Waals surface area contributed by atoms with Crippen LogP contribution in [0.4, 0.5) is 0 Å². The zero-order valence-corrected chi connectivity index (χ0v) is 17.8. The Morgan fingerprint density at radius 3 is 2.75 bits per heavy atom. The van der Waals surface area contributed by atoms with Crippen molar-refractivity contribution >= 4 is 11.4 Å². The van der Waals surface area contributed by atoms with E-state index in [4.69, 9.17) is 9.47 Å². The average Bonchev–Trinajstić information content (AvgIpc) is 3.42. The van der Waals surface area contributed by atoms with Crippen molar-refractivity contribution in [1.82, 2.24) is 19.5 Å². The van der Waals surface area contributed by atoms with E-state index in [2.05, 4.69) is 16.5 Å². The van der Waals surface area contributed by atoms with Crippen molar-refractivity contribution < 1.29 is 14.3 Å². The summed E-state index contributed by atoms with van der Waals surface area (Å²) in [5.41, 5.74) is 4.86. The van der Waals surface area contributed by atoms with Crippen molar-refractivity contribution in [2.75, 3.05) is 13.3 Å². The predicted molar refractivity (Wildman–Crippen MR) is 119 cm³/mol. The number of aryl methyl sites for hydroxylation is 2. The minimum atomic E-state index is -0.237. The lowest BCUT2D eigenvalue weighted by molar-refractivity contribution is 0.0951. The van der Waals surface area contributed by atoms with E-state index in [-0.39, 0.29) is 18.3 Å². The molecule has 0 saturated carbocycles. The van der Waals surface area contributed by atoms with Gasteiger partial charge in [-0.3, -0.25) is 9.59 Å². The molecule has 32 heavy (non-hydrogen) atoms. The van der Waals surface area contributed by atoms with Gasteiger partial charge in [0.05, 0.1) is 5.69 Å². The van der Waals surface area contributed by atoms with E-state index in [1.807, 2.05) is 32.0 Å². The third kappa shape index (κ3) is 3.60. The van der Waals surface area contributed by atoms with Crippen LogP contribution in [0.2, 0.25) is 0 Å². The van der Waals surface area contributed by atoms with Crippen molar-refractivity contribution in [3.05, 3.63) is 81.9 Å². The molecule has 0 bridgehead atoms. The molecule has 0 spiro atoms. The van der Waals surface area contributed by atoms with Gasteiger partial charge >= 0.3 is 0 Å². The molecule has 1 aliphatic rings. The molecule has 0 atom stereocenters. The maximum absolute atomic E-state index is 12.9. The van der Waals surface area contributed by atoms with Crippen molar-refractivity contribution in [3.63, 3.8) is 0 Å². The van der Waals surface area contributed by atoms with Gasteiger partial charge in [-0.1, -0.05) is 23.8 Å². The smallest absolute Gasteiger partial charge is 0.276 e. The monoisotopic (exact) mass is 430 g/mol. The molecular formula is C24H22N4O4. The maximum Gasteiger partial charge on any atom is 0.276 e. The van der Waals surface area contributed by atoms with Gasteiger partial charge in [0.1, 0.15) is 5.52 Å². The number of carbonyl (C=O) groups is 1. The fourth-order valence-corrected chi connectivity index (χ4v) is 3.86. The Hall–Kier alpha value is -4.07. The van der Waals surface area contributed by atoms with Crippen molar-refractivity contribution in [2.45, 2.75) is 20.4 Å². The summed E-state index contributed by atoms with van der Waals surface area (Å²) in [7, 11) is 0. The highest BCUT2D eigenvalue weighted by molar-refractivity contribution is 5.94. The third-order valence-electron chi connectivity index (χ3n) is 5.53. The molecule has 0 fully saturated rings. The second kappa shape index (κ2) is 7.88. The van der Waals surface area contributed by atoms with Gasteiger partial charge in [-0.05, 0) is 43.7 Å². The standard InChI is InChI=1S/C24H22N4O4/c1-15-3-5-18(16(2)11-15)19-13-20-24(30)27(9-10-28(20)26-19)8-7-25-23(29)17-4-6-21-22(12-17)32-14-31-21/h3-6,9-13H,7-8,14H2,1-2H3,(H,25,29). The molecule has 0 aliphatic carbocycles. The zero-order valence-electron chi connectivity index (χ0n) is 17.8. The van der Waals surface area contributed by atoms with Gasteiger partial charge in [0.2, 0.25) is 6.79 Å². The van der Waals surface area contributed by atoms with Crippen molar-refractivity contribution in [1.29, 1.82) is 0 Å². The van der Waals surface area contributed by atoms with Crippen LogP contribution >= 0.6 is 0 Å². The van der Waals surface area contributed by atoms with Crippen LogP contribution in [0.1, 0.15) is 21.5 Å². The van der Waals surface area contributed by atoms with Crippen LogP contribution in [0.3, 0.4) is 0 Å². The largest absolute Gasteiger partial charge is 0.454 e. The fourth-order valence-electron chi connectivity index (χ4n) is 3.86. The Morgan fingerprint density at radius 2 is 1.91 bits per heavy atom. The molecule has 4 aromatic rings. The van der Waals surface area contributed by atoms with E-state index < -0.39 is 0 Å². The Kier molecular flexibility index (Phi) is 4.89. The third-order valence-corrected chi connectivity index (χ3v) is 5.53. The van der Waals surface area contributed by atoms with Gasteiger partial charge in [-0.2, -0.15) is 5.10 Å². The van der Waals surface area contributed by atoms with Crippen LogP contribution in [-0.2, 0) is 6.54 Å². The number of amides is 1. The Balaban J connectivity index is 1.31. The van der Waals surface area contributed by atoms with E-state index in [0.29, 0.717) is 35.7 Å². The highest BCUT2D eigenvalue weighted by atomic mass is 16.7. The van der Waals surface area contributed by atoms with Crippen LogP contribution in [-0.4, -0.2) is 33.4 Å². The first kappa shape index (κ1) is 19.9. The number of nitrogens with one attached hydrogen (secondary N) is 1. The quantitative estimate of drug-likeness (QED) is 0.526. The molecule has 5 rings (SSSR count). The summed E-state index contributed by atoms with van der Waals surface area (Å²) in [4.78, 5) is 25.4. The van der Waals surface area contributed by atoms with Crippen LogP contribution in [0.15, 0.2) is 59.7 Å². The number of benzene rings is 2.